The Morgan fingerprint density at radius 3 is 1.98 bits per heavy atom. The maximum atomic E-state index is 6.13. The number of aryl methyl sites for hydroxylation is 1. The molecule has 2 aromatic rings. The summed E-state index contributed by atoms with van der Waals surface area (Å²) in [7, 11) is 0. The Bertz CT molecular complexity index is 981. The van der Waals surface area contributed by atoms with E-state index in [2.05, 4.69) is 128 Å². The highest BCUT2D eigenvalue weighted by Gasteiger charge is 2.24. The fourth-order valence-corrected chi connectivity index (χ4v) is 4.41. The minimum absolute atomic E-state index is 0.0543. The van der Waals surface area contributed by atoms with E-state index in [4.69, 9.17) is 9.47 Å². The summed E-state index contributed by atoms with van der Waals surface area (Å²) >= 11 is 0. The summed E-state index contributed by atoms with van der Waals surface area (Å²) in [5.74, 6) is 0.970. The van der Waals surface area contributed by atoms with Crippen LogP contribution in [0.4, 0.5) is 0 Å². The van der Waals surface area contributed by atoms with Gasteiger partial charge in [-0.1, -0.05) is 71.0 Å². The van der Waals surface area contributed by atoms with Crippen molar-refractivity contribution in [2.75, 3.05) is 26.4 Å². The highest BCUT2D eigenvalue weighted by atomic mass is 16.5. The first-order valence-corrected chi connectivity index (χ1v) is 15.4. The van der Waals surface area contributed by atoms with Crippen molar-refractivity contribution in [2.24, 2.45) is 10.8 Å². The lowest BCUT2D eigenvalue weighted by molar-refractivity contribution is 0.0545. The Morgan fingerprint density at radius 2 is 1.32 bits per heavy atom. The summed E-state index contributed by atoms with van der Waals surface area (Å²) in [6.07, 6.45) is 5.43. The van der Waals surface area contributed by atoms with Crippen molar-refractivity contribution in [2.45, 2.75) is 119 Å². The minimum Gasteiger partial charge on any atom is -0.492 e. The molecule has 0 aliphatic rings. The van der Waals surface area contributed by atoms with Gasteiger partial charge in [-0.15, -0.1) is 0 Å². The minimum atomic E-state index is 0.0543. The van der Waals surface area contributed by atoms with Gasteiger partial charge >= 0.3 is 0 Å². The third-order valence-electron chi connectivity index (χ3n) is 7.34. The van der Waals surface area contributed by atoms with Crippen LogP contribution in [0.1, 0.15) is 105 Å². The molecule has 226 valence electrons. The van der Waals surface area contributed by atoms with E-state index in [1.54, 1.807) is 0 Å². The number of hydrogen-bond acceptors (Lipinski definition) is 4. The van der Waals surface area contributed by atoms with Crippen molar-refractivity contribution in [3.05, 3.63) is 65.2 Å². The predicted octanol–water partition coefficient (Wildman–Crippen LogP) is 8.37. The van der Waals surface area contributed by atoms with Crippen molar-refractivity contribution < 1.29 is 9.47 Å². The molecule has 0 radical (unpaired) electrons. The summed E-state index contributed by atoms with van der Waals surface area (Å²) in [6.45, 7) is 26.6. The van der Waals surface area contributed by atoms with Gasteiger partial charge in [-0.05, 0) is 106 Å². The van der Waals surface area contributed by atoms with Gasteiger partial charge in [-0.25, -0.2) is 0 Å². The van der Waals surface area contributed by atoms with E-state index in [0.717, 1.165) is 57.7 Å². The second-order valence-electron chi connectivity index (χ2n) is 15.3. The van der Waals surface area contributed by atoms with E-state index in [1.807, 2.05) is 0 Å². The quantitative estimate of drug-likeness (QED) is 0.194. The van der Waals surface area contributed by atoms with E-state index >= 15 is 0 Å². The smallest absolute Gasteiger partial charge is 0.119 e. The van der Waals surface area contributed by atoms with Crippen LogP contribution in [0.2, 0.25) is 0 Å². The van der Waals surface area contributed by atoms with Crippen LogP contribution in [0.25, 0.3) is 0 Å². The second kappa shape index (κ2) is 15.4. The summed E-state index contributed by atoms with van der Waals surface area (Å²) in [4.78, 5) is 0. The highest BCUT2D eigenvalue weighted by Crippen LogP contribution is 2.27. The van der Waals surface area contributed by atoms with E-state index in [-0.39, 0.29) is 16.5 Å². The molecule has 0 aromatic heterocycles. The van der Waals surface area contributed by atoms with Crippen LogP contribution in [-0.4, -0.2) is 37.4 Å². The van der Waals surface area contributed by atoms with Gasteiger partial charge in [-0.3, -0.25) is 0 Å². The molecule has 0 amide bonds. The fraction of sp³-hybridized carbons (Fsp3) is 0.667. The SMILES string of the molecule is CC(C)(C)CCc1cccc(OCCNC(C)(C)CCC(C)(C)COCCc2ccc(CNC(C)(C)C)cc2)c1. The molecule has 0 unspecified atom stereocenters. The Balaban J connectivity index is 1.63. The van der Waals surface area contributed by atoms with Gasteiger partial charge in [0.25, 0.3) is 0 Å². The summed E-state index contributed by atoms with van der Waals surface area (Å²) < 4.78 is 12.2. The maximum Gasteiger partial charge on any atom is 0.119 e. The Labute approximate surface area is 247 Å². The van der Waals surface area contributed by atoms with Crippen molar-refractivity contribution in [3.8, 4) is 5.75 Å². The third kappa shape index (κ3) is 15.8. The molecule has 0 fully saturated rings. The van der Waals surface area contributed by atoms with Crippen molar-refractivity contribution >= 4 is 0 Å². The van der Waals surface area contributed by atoms with Crippen LogP contribution in [0, 0.1) is 10.8 Å². The molecule has 40 heavy (non-hydrogen) atoms. The van der Waals surface area contributed by atoms with Gasteiger partial charge in [0.05, 0.1) is 13.2 Å². The lowest BCUT2D eigenvalue weighted by atomic mass is 9.83. The Morgan fingerprint density at radius 1 is 0.650 bits per heavy atom. The second-order valence-corrected chi connectivity index (χ2v) is 15.3. The molecule has 0 aliphatic heterocycles. The maximum absolute atomic E-state index is 6.13. The molecule has 0 saturated carbocycles. The normalized spacial score (nSPS) is 13.1. The van der Waals surface area contributed by atoms with E-state index < -0.39 is 0 Å². The Hall–Kier alpha value is -1.88. The van der Waals surface area contributed by atoms with E-state index in [9.17, 15) is 0 Å². The lowest BCUT2D eigenvalue weighted by Crippen LogP contribution is -2.42. The molecule has 0 atom stereocenters. The fourth-order valence-electron chi connectivity index (χ4n) is 4.41. The molecular weight excluding hydrogens is 492 g/mol. The third-order valence-corrected chi connectivity index (χ3v) is 7.34. The van der Waals surface area contributed by atoms with Crippen LogP contribution < -0.4 is 15.4 Å². The number of rotatable bonds is 17. The van der Waals surface area contributed by atoms with Gasteiger partial charge in [0, 0.05) is 24.2 Å². The van der Waals surface area contributed by atoms with Gasteiger partial charge in [0.15, 0.2) is 0 Å². The molecule has 0 aliphatic carbocycles. The molecule has 0 saturated heterocycles. The first-order chi connectivity index (χ1) is 18.5. The van der Waals surface area contributed by atoms with Crippen LogP contribution in [0.5, 0.6) is 5.75 Å². The first-order valence-electron chi connectivity index (χ1n) is 15.4. The molecule has 4 nitrogen and oxygen atoms in total. The van der Waals surface area contributed by atoms with Gasteiger partial charge in [0.1, 0.15) is 12.4 Å². The molecule has 0 bridgehead atoms. The number of nitrogens with one attached hydrogen (secondary N) is 2. The topological polar surface area (TPSA) is 42.5 Å². The molecule has 2 N–H and O–H groups in total. The first kappa shape index (κ1) is 34.3. The van der Waals surface area contributed by atoms with E-state index in [1.165, 1.54) is 23.1 Å². The average Bonchev–Trinajstić information content (AvgIpc) is 2.86. The zero-order valence-electron chi connectivity index (χ0n) is 27.5. The standard InChI is InChI=1S/C36H60N2O2/c1-33(2,3)20-18-30-12-11-13-32(26-30)40-25-23-37-36(9,10)22-21-35(7,8)28-39-24-19-29-14-16-31(17-15-29)27-38-34(4,5)6/h11-17,26,37-38H,18-25,27-28H2,1-10H3. The van der Waals surface area contributed by atoms with Crippen LogP contribution in [0.3, 0.4) is 0 Å². The zero-order valence-corrected chi connectivity index (χ0v) is 27.5. The summed E-state index contributed by atoms with van der Waals surface area (Å²) in [6, 6.07) is 17.5. The zero-order chi connectivity index (χ0) is 29.9. The van der Waals surface area contributed by atoms with Gasteiger partial charge in [-0.2, -0.15) is 0 Å². The van der Waals surface area contributed by atoms with Crippen LogP contribution >= 0.6 is 0 Å². The van der Waals surface area contributed by atoms with Gasteiger partial charge in [0.2, 0.25) is 0 Å². The molecule has 4 heteroatoms. The molecule has 2 aromatic carbocycles. The van der Waals surface area contributed by atoms with Crippen LogP contribution in [-0.2, 0) is 24.1 Å². The molecule has 2 rings (SSSR count). The van der Waals surface area contributed by atoms with Gasteiger partial charge < -0.3 is 20.1 Å². The largest absolute Gasteiger partial charge is 0.492 e. The highest BCUT2D eigenvalue weighted by molar-refractivity contribution is 5.28. The van der Waals surface area contributed by atoms with Crippen molar-refractivity contribution in [1.82, 2.24) is 10.6 Å². The number of hydrogen-bond donors (Lipinski definition) is 2. The monoisotopic (exact) mass is 552 g/mol. The average molecular weight is 553 g/mol. The van der Waals surface area contributed by atoms with E-state index in [0.29, 0.717) is 12.0 Å². The summed E-state index contributed by atoms with van der Waals surface area (Å²) in [5.41, 5.74) is 4.70. The van der Waals surface area contributed by atoms with Crippen molar-refractivity contribution in [3.63, 3.8) is 0 Å². The Kier molecular flexibility index (Phi) is 13.2. The lowest BCUT2D eigenvalue weighted by Gasteiger charge is -2.32. The predicted molar refractivity (Wildman–Crippen MR) is 172 cm³/mol. The summed E-state index contributed by atoms with van der Waals surface area (Å²) in [5, 5.41) is 7.25. The van der Waals surface area contributed by atoms with Crippen LogP contribution in [0.15, 0.2) is 48.5 Å². The molecule has 0 heterocycles. The number of ether oxygens (including phenoxy) is 2. The number of benzene rings is 2. The van der Waals surface area contributed by atoms with Crippen molar-refractivity contribution in [1.29, 1.82) is 0 Å². The molecular formula is C36H60N2O2. The molecule has 0 spiro atoms.